The summed E-state index contributed by atoms with van der Waals surface area (Å²) >= 11 is 0. The van der Waals surface area contributed by atoms with Crippen LogP contribution < -0.4 is 0 Å². The zero-order valence-corrected chi connectivity index (χ0v) is 9.33. The lowest BCUT2D eigenvalue weighted by molar-refractivity contribution is 0.288. The van der Waals surface area contributed by atoms with Gasteiger partial charge in [0.2, 0.25) is 0 Å². The summed E-state index contributed by atoms with van der Waals surface area (Å²) in [5.41, 5.74) is 3.87. The van der Waals surface area contributed by atoms with Gasteiger partial charge in [-0.1, -0.05) is 6.07 Å². The summed E-state index contributed by atoms with van der Waals surface area (Å²) in [4.78, 5) is 0. The average Bonchev–Trinajstić information content (AvgIpc) is 2.52. The molecule has 2 nitrogen and oxygen atoms in total. The summed E-state index contributed by atoms with van der Waals surface area (Å²) in [5, 5.41) is 10.1. The minimum Gasteiger partial charge on any atom is -0.396 e. The van der Waals surface area contributed by atoms with E-state index in [-0.39, 0.29) is 6.61 Å². The second kappa shape index (κ2) is 4.07. The Morgan fingerprint density at radius 1 is 1.27 bits per heavy atom. The normalized spacial score (nSPS) is 11.1. The molecule has 0 aliphatic heterocycles. The van der Waals surface area contributed by atoms with E-state index >= 15 is 0 Å². The quantitative estimate of drug-likeness (QED) is 0.814. The summed E-state index contributed by atoms with van der Waals surface area (Å²) in [6.07, 6.45) is 1.80. The minimum atomic E-state index is 0.270. The van der Waals surface area contributed by atoms with Crippen LogP contribution in [0.1, 0.15) is 17.7 Å². The lowest BCUT2D eigenvalue weighted by Crippen LogP contribution is -1.91. The maximum Gasteiger partial charge on any atom is 0.0479 e. The van der Waals surface area contributed by atoms with E-state index in [9.17, 15) is 0 Å². The van der Waals surface area contributed by atoms with Gasteiger partial charge in [0.05, 0.1) is 0 Å². The first kappa shape index (κ1) is 10.2. The van der Waals surface area contributed by atoms with Gasteiger partial charge in [-0.2, -0.15) is 0 Å². The first-order valence-electron chi connectivity index (χ1n) is 5.38. The van der Waals surface area contributed by atoms with Crippen molar-refractivity contribution in [2.24, 2.45) is 7.05 Å². The molecule has 0 atom stereocenters. The number of fused-ring (bicyclic) bond motifs is 1. The van der Waals surface area contributed by atoms with Crippen molar-refractivity contribution in [1.29, 1.82) is 0 Å². The van der Waals surface area contributed by atoms with E-state index in [0.717, 1.165) is 12.8 Å². The molecule has 0 aliphatic rings. The number of nitrogens with zero attached hydrogens (tertiary/aromatic N) is 1. The van der Waals surface area contributed by atoms with Gasteiger partial charge in [0.25, 0.3) is 0 Å². The molecule has 1 heterocycles. The van der Waals surface area contributed by atoms with Gasteiger partial charge in [-0.25, -0.2) is 0 Å². The molecule has 0 spiro atoms. The minimum absolute atomic E-state index is 0.270. The molecule has 2 rings (SSSR count). The van der Waals surface area contributed by atoms with E-state index in [1.165, 1.54) is 22.2 Å². The predicted molar refractivity (Wildman–Crippen MR) is 63.1 cm³/mol. The molecule has 0 fully saturated rings. The molecule has 0 saturated carbocycles. The van der Waals surface area contributed by atoms with Crippen LogP contribution in [0.3, 0.4) is 0 Å². The Hall–Kier alpha value is -1.28. The fourth-order valence-electron chi connectivity index (χ4n) is 1.98. The Balaban J connectivity index is 2.39. The van der Waals surface area contributed by atoms with Crippen molar-refractivity contribution in [2.75, 3.05) is 6.61 Å². The highest BCUT2D eigenvalue weighted by Gasteiger charge is 2.02. The van der Waals surface area contributed by atoms with Crippen molar-refractivity contribution in [2.45, 2.75) is 19.8 Å². The summed E-state index contributed by atoms with van der Waals surface area (Å²) in [6, 6.07) is 8.74. The second-order valence-corrected chi connectivity index (χ2v) is 4.07. The molecular formula is C13H17NO. The third kappa shape index (κ3) is 1.90. The maximum absolute atomic E-state index is 8.78. The van der Waals surface area contributed by atoms with E-state index < -0.39 is 0 Å². The number of aryl methyl sites for hydroxylation is 3. The fraction of sp³-hybridized carbons (Fsp3) is 0.385. The van der Waals surface area contributed by atoms with Crippen LogP contribution in [-0.4, -0.2) is 16.3 Å². The SMILES string of the molecule is Cc1cc2cc(CCCO)ccc2n1C. The Morgan fingerprint density at radius 3 is 2.80 bits per heavy atom. The molecule has 1 aromatic heterocycles. The van der Waals surface area contributed by atoms with E-state index in [0.29, 0.717) is 0 Å². The molecule has 80 valence electrons. The Kier molecular flexibility index (Phi) is 2.78. The molecule has 0 bridgehead atoms. The van der Waals surface area contributed by atoms with Crippen molar-refractivity contribution in [3.8, 4) is 0 Å². The van der Waals surface area contributed by atoms with Crippen LogP contribution in [0.15, 0.2) is 24.3 Å². The summed E-state index contributed by atoms with van der Waals surface area (Å²) in [7, 11) is 2.09. The molecule has 0 amide bonds. The number of aromatic nitrogens is 1. The smallest absolute Gasteiger partial charge is 0.0479 e. The molecule has 2 aromatic rings. The Morgan fingerprint density at radius 2 is 2.07 bits per heavy atom. The van der Waals surface area contributed by atoms with Crippen LogP contribution in [0.4, 0.5) is 0 Å². The third-order valence-electron chi connectivity index (χ3n) is 2.97. The number of aliphatic hydroxyl groups is 1. The van der Waals surface area contributed by atoms with E-state index in [2.05, 4.69) is 42.8 Å². The number of hydrogen-bond acceptors (Lipinski definition) is 1. The zero-order chi connectivity index (χ0) is 10.8. The number of aliphatic hydroxyl groups excluding tert-OH is 1. The van der Waals surface area contributed by atoms with Gasteiger partial charge in [0.1, 0.15) is 0 Å². The molecule has 2 heteroatoms. The average molecular weight is 203 g/mol. The summed E-state index contributed by atoms with van der Waals surface area (Å²) in [5.74, 6) is 0. The fourth-order valence-corrected chi connectivity index (χ4v) is 1.98. The molecule has 0 radical (unpaired) electrons. The number of hydrogen-bond donors (Lipinski definition) is 1. The van der Waals surface area contributed by atoms with E-state index in [1.807, 2.05) is 0 Å². The van der Waals surface area contributed by atoms with Gasteiger partial charge in [0.15, 0.2) is 0 Å². The number of benzene rings is 1. The topological polar surface area (TPSA) is 25.2 Å². The van der Waals surface area contributed by atoms with Crippen LogP contribution in [0.25, 0.3) is 10.9 Å². The van der Waals surface area contributed by atoms with Crippen molar-refractivity contribution in [1.82, 2.24) is 4.57 Å². The highest BCUT2D eigenvalue weighted by molar-refractivity contribution is 5.81. The highest BCUT2D eigenvalue weighted by Crippen LogP contribution is 2.20. The molecule has 0 aliphatic carbocycles. The standard InChI is InChI=1S/C13H17NO/c1-10-8-12-9-11(4-3-7-15)5-6-13(12)14(10)2/h5-6,8-9,15H,3-4,7H2,1-2H3. The number of rotatable bonds is 3. The van der Waals surface area contributed by atoms with Crippen molar-refractivity contribution >= 4 is 10.9 Å². The molecular weight excluding hydrogens is 186 g/mol. The van der Waals surface area contributed by atoms with Gasteiger partial charge in [-0.15, -0.1) is 0 Å². The molecule has 0 saturated heterocycles. The lowest BCUT2D eigenvalue weighted by atomic mass is 10.1. The van der Waals surface area contributed by atoms with Gasteiger partial charge in [0, 0.05) is 30.3 Å². The highest BCUT2D eigenvalue weighted by atomic mass is 16.2. The van der Waals surface area contributed by atoms with E-state index in [4.69, 9.17) is 5.11 Å². The van der Waals surface area contributed by atoms with E-state index in [1.54, 1.807) is 0 Å². The van der Waals surface area contributed by atoms with Crippen LogP contribution in [0, 0.1) is 6.92 Å². The third-order valence-corrected chi connectivity index (χ3v) is 2.97. The molecule has 1 N–H and O–H groups in total. The van der Waals surface area contributed by atoms with Crippen LogP contribution in [-0.2, 0) is 13.5 Å². The van der Waals surface area contributed by atoms with Crippen molar-refractivity contribution in [3.05, 3.63) is 35.5 Å². The molecule has 1 aromatic carbocycles. The van der Waals surface area contributed by atoms with Gasteiger partial charge in [-0.05, 0) is 43.5 Å². The molecule has 15 heavy (non-hydrogen) atoms. The predicted octanol–water partition coefficient (Wildman–Crippen LogP) is 2.41. The maximum atomic E-state index is 8.78. The van der Waals surface area contributed by atoms with Gasteiger partial charge >= 0.3 is 0 Å². The monoisotopic (exact) mass is 203 g/mol. The first-order valence-corrected chi connectivity index (χ1v) is 5.38. The van der Waals surface area contributed by atoms with Crippen molar-refractivity contribution < 1.29 is 5.11 Å². The van der Waals surface area contributed by atoms with Crippen LogP contribution in [0.2, 0.25) is 0 Å². The lowest BCUT2D eigenvalue weighted by Gasteiger charge is -2.01. The zero-order valence-electron chi connectivity index (χ0n) is 9.33. The second-order valence-electron chi connectivity index (χ2n) is 4.07. The van der Waals surface area contributed by atoms with Crippen LogP contribution >= 0.6 is 0 Å². The first-order chi connectivity index (χ1) is 7.22. The largest absolute Gasteiger partial charge is 0.396 e. The van der Waals surface area contributed by atoms with Crippen molar-refractivity contribution in [3.63, 3.8) is 0 Å². The Bertz CT molecular complexity index is 471. The summed E-state index contributed by atoms with van der Waals surface area (Å²) in [6.45, 7) is 2.39. The van der Waals surface area contributed by atoms with Crippen LogP contribution in [0.5, 0.6) is 0 Å². The Labute approximate surface area is 90.2 Å². The summed E-state index contributed by atoms with van der Waals surface area (Å²) < 4.78 is 2.20. The molecule has 0 unspecified atom stereocenters. The van der Waals surface area contributed by atoms with Gasteiger partial charge < -0.3 is 9.67 Å². The van der Waals surface area contributed by atoms with Gasteiger partial charge in [-0.3, -0.25) is 0 Å².